The molecular formula is C27H34ClN5O4S. The van der Waals surface area contributed by atoms with Crippen molar-refractivity contribution in [3.8, 4) is 0 Å². The SMILES string of the molecule is COC(=O)CCN1c2ccccc2C(C)(c2c(CSCc3cc(CCl)n(C)n3)nn(C)c2C)C1C(=O)OC. The Morgan fingerprint density at radius 2 is 1.84 bits per heavy atom. The zero-order valence-corrected chi connectivity index (χ0v) is 24.2. The summed E-state index contributed by atoms with van der Waals surface area (Å²) in [6.07, 6.45) is 0.150. The molecule has 0 radical (unpaired) electrons. The first-order valence-corrected chi connectivity index (χ1v) is 14.0. The highest BCUT2D eigenvalue weighted by atomic mass is 35.5. The molecule has 3 heterocycles. The predicted molar refractivity (Wildman–Crippen MR) is 148 cm³/mol. The van der Waals surface area contributed by atoms with Crippen LogP contribution in [-0.2, 0) is 56.0 Å². The van der Waals surface area contributed by atoms with Gasteiger partial charge in [-0.3, -0.25) is 14.2 Å². The molecule has 11 heteroatoms. The molecular weight excluding hydrogens is 526 g/mol. The number of anilines is 1. The summed E-state index contributed by atoms with van der Waals surface area (Å²) in [5.41, 5.74) is 5.95. The van der Waals surface area contributed by atoms with E-state index in [0.717, 1.165) is 39.6 Å². The highest BCUT2D eigenvalue weighted by Crippen LogP contribution is 2.51. The summed E-state index contributed by atoms with van der Waals surface area (Å²) in [6, 6.07) is 9.30. The van der Waals surface area contributed by atoms with Crippen LogP contribution in [-0.4, -0.2) is 58.3 Å². The second-order valence-electron chi connectivity index (χ2n) is 9.57. The van der Waals surface area contributed by atoms with Crippen LogP contribution in [0.5, 0.6) is 0 Å². The van der Waals surface area contributed by atoms with Crippen LogP contribution in [0, 0.1) is 6.92 Å². The Morgan fingerprint density at radius 1 is 1.11 bits per heavy atom. The molecule has 9 nitrogen and oxygen atoms in total. The molecule has 204 valence electrons. The third kappa shape index (κ3) is 4.91. The van der Waals surface area contributed by atoms with Crippen molar-refractivity contribution in [2.75, 3.05) is 25.7 Å². The van der Waals surface area contributed by atoms with Crippen molar-refractivity contribution >= 4 is 41.0 Å². The second-order valence-corrected chi connectivity index (χ2v) is 10.8. The average molecular weight is 560 g/mol. The Kier molecular flexibility index (Phi) is 8.42. The number of fused-ring (bicyclic) bond motifs is 1. The Morgan fingerprint density at radius 3 is 2.50 bits per heavy atom. The maximum atomic E-state index is 13.5. The van der Waals surface area contributed by atoms with Gasteiger partial charge in [0, 0.05) is 49.1 Å². The number of esters is 2. The number of carbonyl (C=O) groups is 2. The maximum Gasteiger partial charge on any atom is 0.329 e. The zero-order chi connectivity index (χ0) is 27.6. The van der Waals surface area contributed by atoms with E-state index in [4.69, 9.17) is 26.2 Å². The number of alkyl halides is 1. The number of aryl methyl sites for hydroxylation is 2. The number of ether oxygens (including phenoxy) is 2. The highest BCUT2D eigenvalue weighted by Gasteiger charge is 2.55. The standard InChI is InChI=1S/C27H34ClN5O4S/c1-17-24(21(30-31(17)3)16-38-15-18-13-19(14-28)32(4)29-18)27(2)20-9-7-8-10-22(20)33(12-11-23(34)36-5)25(27)26(35)37-6/h7-10,13,25H,11-12,14-16H2,1-6H3. The number of carbonyl (C=O) groups excluding carboxylic acids is 2. The fourth-order valence-corrected chi connectivity index (χ4v) is 6.64. The zero-order valence-electron chi connectivity index (χ0n) is 22.7. The first kappa shape index (κ1) is 28.0. The van der Waals surface area contributed by atoms with Crippen LogP contribution in [0.2, 0.25) is 0 Å². The van der Waals surface area contributed by atoms with E-state index in [-0.39, 0.29) is 18.4 Å². The minimum atomic E-state index is -0.759. The topological polar surface area (TPSA) is 91.5 Å². The molecule has 4 rings (SSSR count). The summed E-state index contributed by atoms with van der Waals surface area (Å²) < 4.78 is 13.9. The van der Waals surface area contributed by atoms with E-state index in [0.29, 0.717) is 23.9 Å². The average Bonchev–Trinajstić information content (AvgIpc) is 3.51. The number of para-hydroxylation sites is 1. The maximum absolute atomic E-state index is 13.5. The number of hydrogen-bond acceptors (Lipinski definition) is 8. The van der Waals surface area contributed by atoms with Gasteiger partial charge in [-0.25, -0.2) is 4.79 Å². The largest absolute Gasteiger partial charge is 0.469 e. The van der Waals surface area contributed by atoms with Crippen LogP contribution in [0.1, 0.15) is 47.2 Å². The van der Waals surface area contributed by atoms with E-state index in [2.05, 4.69) is 12.0 Å². The molecule has 0 spiro atoms. The van der Waals surface area contributed by atoms with Gasteiger partial charge < -0.3 is 14.4 Å². The van der Waals surface area contributed by atoms with Gasteiger partial charge in [-0.05, 0) is 31.5 Å². The summed E-state index contributed by atoms with van der Waals surface area (Å²) >= 11 is 7.72. The van der Waals surface area contributed by atoms with Crippen molar-refractivity contribution in [1.29, 1.82) is 0 Å². The normalized spacial score (nSPS) is 18.5. The lowest BCUT2D eigenvalue weighted by molar-refractivity contribution is -0.144. The summed E-state index contributed by atoms with van der Waals surface area (Å²) in [5.74, 6) is 1.06. The molecule has 0 aliphatic carbocycles. The monoisotopic (exact) mass is 559 g/mol. The quantitative estimate of drug-likeness (QED) is 0.273. The summed E-state index contributed by atoms with van der Waals surface area (Å²) in [5, 5.41) is 9.44. The molecule has 1 aliphatic heterocycles. The lowest BCUT2D eigenvalue weighted by Crippen LogP contribution is -2.51. The van der Waals surface area contributed by atoms with Crippen LogP contribution in [0.3, 0.4) is 0 Å². The van der Waals surface area contributed by atoms with Gasteiger partial charge in [0.25, 0.3) is 0 Å². The highest BCUT2D eigenvalue weighted by molar-refractivity contribution is 7.97. The van der Waals surface area contributed by atoms with E-state index in [1.54, 1.807) is 16.4 Å². The molecule has 3 aromatic rings. The fourth-order valence-electron chi connectivity index (χ4n) is 5.54. The lowest BCUT2D eigenvalue weighted by Gasteiger charge is -2.35. The molecule has 0 amide bonds. The molecule has 38 heavy (non-hydrogen) atoms. The van der Waals surface area contributed by atoms with E-state index >= 15 is 0 Å². The number of nitrogens with zero attached hydrogens (tertiary/aromatic N) is 5. The Bertz CT molecular complexity index is 1340. The molecule has 0 saturated carbocycles. The van der Waals surface area contributed by atoms with E-state index in [1.165, 1.54) is 14.2 Å². The smallest absolute Gasteiger partial charge is 0.329 e. The van der Waals surface area contributed by atoms with Gasteiger partial charge in [-0.1, -0.05) is 18.2 Å². The number of aromatic nitrogens is 4. The lowest BCUT2D eigenvalue weighted by atomic mass is 9.71. The van der Waals surface area contributed by atoms with Crippen molar-refractivity contribution in [2.45, 2.75) is 49.1 Å². The van der Waals surface area contributed by atoms with Crippen LogP contribution >= 0.6 is 23.4 Å². The first-order chi connectivity index (χ1) is 18.2. The molecule has 0 N–H and O–H groups in total. The van der Waals surface area contributed by atoms with Crippen molar-refractivity contribution in [3.05, 3.63) is 64.2 Å². The van der Waals surface area contributed by atoms with Crippen LogP contribution < -0.4 is 4.90 Å². The number of benzene rings is 1. The van der Waals surface area contributed by atoms with Crippen molar-refractivity contribution < 1.29 is 19.1 Å². The molecule has 1 aliphatic rings. The number of halogens is 1. The Hall–Kier alpha value is -2.98. The van der Waals surface area contributed by atoms with Gasteiger partial charge in [-0.15, -0.1) is 23.4 Å². The van der Waals surface area contributed by atoms with E-state index < -0.39 is 11.5 Å². The second kappa shape index (κ2) is 11.4. The van der Waals surface area contributed by atoms with Crippen LogP contribution in [0.4, 0.5) is 5.69 Å². The number of hydrogen-bond donors (Lipinski definition) is 0. The van der Waals surface area contributed by atoms with Crippen LogP contribution in [0.15, 0.2) is 30.3 Å². The van der Waals surface area contributed by atoms with Gasteiger partial charge in [0.1, 0.15) is 6.04 Å². The van der Waals surface area contributed by atoms with E-state index in [1.807, 2.05) is 60.9 Å². The number of thioether (sulfide) groups is 1. The molecule has 0 fully saturated rings. The van der Waals surface area contributed by atoms with Crippen molar-refractivity contribution in [2.24, 2.45) is 14.1 Å². The third-order valence-electron chi connectivity index (χ3n) is 7.42. The van der Waals surface area contributed by atoms with Crippen molar-refractivity contribution in [3.63, 3.8) is 0 Å². The Labute approximate surface area is 232 Å². The molecule has 2 unspecified atom stereocenters. The van der Waals surface area contributed by atoms with Gasteiger partial charge in [0.15, 0.2) is 0 Å². The Balaban J connectivity index is 1.74. The van der Waals surface area contributed by atoms with E-state index in [9.17, 15) is 9.59 Å². The molecule has 2 atom stereocenters. The van der Waals surface area contributed by atoms with Crippen molar-refractivity contribution in [1.82, 2.24) is 19.6 Å². The molecule has 2 aromatic heterocycles. The van der Waals surface area contributed by atoms with Gasteiger partial charge in [0.2, 0.25) is 0 Å². The first-order valence-electron chi connectivity index (χ1n) is 12.4. The number of rotatable bonds is 10. The summed E-state index contributed by atoms with van der Waals surface area (Å²) in [6.45, 7) is 4.43. The molecule has 0 saturated heterocycles. The van der Waals surface area contributed by atoms with Gasteiger partial charge >= 0.3 is 11.9 Å². The predicted octanol–water partition coefficient (Wildman–Crippen LogP) is 3.86. The van der Waals surface area contributed by atoms with Gasteiger partial charge in [0.05, 0.1) is 49.0 Å². The minimum absolute atomic E-state index is 0.150. The minimum Gasteiger partial charge on any atom is -0.469 e. The summed E-state index contributed by atoms with van der Waals surface area (Å²) in [4.78, 5) is 27.5. The van der Waals surface area contributed by atoms with Gasteiger partial charge in [-0.2, -0.15) is 10.2 Å². The third-order valence-corrected chi connectivity index (χ3v) is 8.67. The fraction of sp³-hybridized carbons (Fsp3) is 0.481. The molecule has 0 bridgehead atoms. The number of methoxy groups -OCH3 is 2. The molecule has 1 aromatic carbocycles. The van der Waals surface area contributed by atoms with Crippen LogP contribution in [0.25, 0.3) is 0 Å². The summed E-state index contributed by atoms with van der Waals surface area (Å²) in [7, 11) is 6.58.